The average molecular weight is 376 g/mol. The number of hydrogen-bond donors (Lipinski definition) is 0. The predicted octanol–water partition coefficient (Wildman–Crippen LogP) is 3.05. The summed E-state index contributed by atoms with van der Waals surface area (Å²) in [6.45, 7) is 0.709. The lowest BCUT2D eigenvalue weighted by atomic mass is 10.2. The van der Waals surface area contributed by atoms with Crippen LogP contribution in [0.15, 0.2) is 41.5 Å². The van der Waals surface area contributed by atoms with Crippen molar-refractivity contribution in [2.75, 3.05) is 12.3 Å². The first kappa shape index (κ1) is 16.7. The molecular weight excluding hydrogens is 358 g/mol. The summed E-state index contributed by atoms with van der Waals surface area (Å²) in [4.78, 5) is 31.2. The second-order valence-corrected chi connectivity index (χ2v) is 8.04. The van der Waals surface area contributed by atoms with Crippen molar-refractivity contribution in [2.45, 2.75) is 30.7 Å². The van der Waals surface area contributed by atoms with Gasteiger partial charge in [0.25, 0.3) is 5.56 Å². The van der Waals surface area contributed by atoms with E-state index in [0.717, 1.165) is 29.9 Å². The molecule has 1 atom stereocenters. The fourth-order valence-electron chi connectivity index (χ4n) is 3.03. The number of rotatable bonds is 4. The third-order valence-electron chi connectivity index (χ3n) is 4.57. The van der Waals surface area contributed by atoms with Crippen LogP contribution in [0.4, 0.5) is 0 Å². The van der Waals surface area contributed by atoms with E-state index in [0.29, 0.717) is 17.5 Å². The average Bonchev–Trinajstić information content (AvgIpc) is 3.34. The molecule has 25 heavy (non-hydrogen) atoms. The van der Waals surface area contributed by atoms with Crippen LogP contribution in [0.1, 0.15) is 35.4 Å². The van der Waals surface area contributed by atoms with E-state index in [-0.39, 0.29) is 23.4 Å². The molecule has 0 N–H and O–H groups in total. The predicted molar refractivity (Wildman–Crippen MR) is 98.8 cm³/mol. The Labute approximate surface area is 155 Å². The van der Waals surface area contributed by atoms with Crippen LogP contribution in [0.5, 0.6) is 0 Å². The second kappa shape index (κ2) is 6.84. The lowest BCUT2D eigenvalue weighted by Crippen LogP contribution is -2.36. The van der Waals surface area contributed by atoms with E-state index in [1.807, 2.05) is 29.2 Å². The zero-order chi connectivity index (χ0) is 17.4. The summed E-state index contributed by atoms with van der Waals surface area (Å²) < 4.78 is 1.40. The Balaban J connectivity index is 1.50. The van der Waals surface area contributed by atoms with Crippen LogP contribution in [0.25, 0.3) is 0 Å². The zero-order valence-corrected chi connectivity index (χ0v) is 15.2. The Morgan fingerprint density at radius 1 is 1.28 bits per heavy atom. The van der Waals surface area contributed by atoms with Crippen LogP contribution >= 0.6 is 23.4 Å². The number of nitrogens with zero attached hydrogens (tertiary/aromatic N) is 3. The van der Waals surface area contributed by atoms with Gasteiger partial charge in [-0.2, -0.15) is 0 Å². The Morgan fingerprint density at radius 3 is 2.72 bits per heavy atom. The Hall–Kier alpha value is -1.79. The summed E-state index contributed by atoms with van der Waals surface area (Å²) >= 11 is 7.68. The lowest BCUT2D eigenvalue weighted by molar-refractivity contribution is -0.132. The highest BCUT2D eigenvalue weighted by Crippen LogP contribution is 2.39. The number of carbonyl (C=O) groups excluding carboxylic acids is 1. The van der Waals surface area contributed by atoms with E-state index < -0.39 is 0 Å². The molecule has 1 aromatic carbocycles. The van der Waals surface area contributed by atoms with Gasteiger partial charge in [0.05, 0.1) is 12.0 Å². The molecule has 1 amide bonds. The quantitative estimate of drug-likeness (QED) is 0.824. The minimum absolute atomic E-state index is 0.0286. The van der Waals surface area contributed by atoms with Crippen molar-refractivity contribution in [3.63, 3.8) is 0 Å². The number of hydrogen-bond acceptors (Lipinski definition) is 4. The summed E-state index contributed by atoms with van der Waals surface area (Å²) in [6.07, 6.45) is 3.71. The summed E-state index contributed by atoms with van der Waals surface area (Å²) in [5.41, 5.74) is 1.75. The maximum atomic E-state index is 12.7. The molecule has 2 fully saturated rings. The normalized spacial score (nSPS) is 20.0. The first-order valence-electron chi connectivity index (χ1n) is 8.35. The molecule has 1 aliphatic heterocycles. The van der Waals surface area contributed by atoms with Crippen LogP contribution in [0.3, 0.4) is 0 Å². The minimum atomic E-state index is -0.153. The summed E-state index contributed by atoms with van der Waals surface area (Å²) in [5, 5.41) is 0.650. The van der Waals surface area contributed by atoms with E-state index in [1.54, 1.807) is 17.8 Å². The van der Waals surface area contributed by atoms with Crippen LogP contribution in [-0.2, 0) is 11.3 Å². The summed E-state index contributed by atoms with van der Waals surface area (Å²) in [6, 6.07) is 9.14. The van der Waals surface area contributed by atoms with Gasteiger partial charge in [0.15, 0.2) is 0 Å². The fourth-order valence-corrected chi connectivity index (χ4v) is 4.43. The van der Waals surface area contributed by atoms with E-state index >= 15 is 0 Å². The lowest BCUT2D eigenvalue weighted by Gasteiger charge is -2.24. The van der Waals surface area contributed by atoms with E-state index in [1.165, 1.54) is 10.9 Å². The number of thioether (sulfide) groups is 1. The Morgan fingerprint density at radius 2 is 2.04 bits per heavy atom. The van der Waals surface area contributed by atoms with E-state index in [9.17, 15) is 9.59 Å². The van der Waals surface area contributed by atoms with E-state index in [2.05, 4.69) is 4.98 Å². The maximum Gasteiger partial charge on any atom is 0.254 e. The largest absolute Gasteiger partial charge is 0.324 e. The zero-order valence-electron chi connectivity index (χ0n) is 13.6. The molecule has 2 aromatic rings. The van der Waals surface area contributed by atoms with Gasteiger partial charge >= 0.3 is 0 Å². The van der Waals surface area contributed by atoms with Gasteiger partial charge in [-0.1, -0.05) is 23.7 Å². The van der Waals surface area contributed by atoms with Gasteiger partial charge in [0, 0.05) is 29.3 Å². The number of amides is 1. The molecule has 1 unspecified atom stereocenters. The highest BCUT2D eigenvalue weighted by Gasteiger charge is 2.31. The molecule has 2 heterocycles. The van der Waals surface area contributed by atoms with Crippen molar-refractivity contribution in [3.05, 3.63) is 63.3 Å². The highest BCUT2D eigenvalue weighted by atomic mass is 35.5. The van der Waals surface area contributed by atoms with Crippen LogP contribution in [0.2, 0.25) is 5.02 Å². The Kier molecular flexibility index (Phi) is 4.56. The minimum Gasteiger partial charge on any atom is -0.324 e. The van der Waals surface area contributed by atoms with Gasteiger partial charge in [-0.25, -0.2) is 4.98 Å². The number of aromatic nitrogens is 2. The standard InChI is InChI=1S/C18H18ClN3O2S/c19-14-5-3-13(4-6-14)18-22(7-8-25-18)17(24)10-21-11-20-15(9-16(21)23)12-1-2-12/h3-6,9,11-12,18H,1-2,7-8,10H2. The Bertz CT molecular complexity index is 848. The van der Waals surface area contributed by atoms with Crippen LogP contribution < -0.4 is 5.56 Å². The molecule has 1 saturated carbocycles. The van der Waals surface area contributed by atoms with Gasteiger partial charge in [-0.3, -0.25) is 14.2 Å². The first-order valence-corrected chi connectivity index (χ1v) is 9.77. The summed E-state index contributed by atoms with van der Waals surface area (Å²) in [7, 11) is 0. The molecule has 0 spiro atoms. The number of benzene rings is 1. The second-order valence-electron chi connectivity index (χ2n) is 6.42. The van der Waals surface area contributed by atoms with Crippen molar-refractivity contribution >= 4 is 29.3 Å². The summed E-state index contributed by atoms with van der Waals surface area (Å²) in [5.74, 6) is 1.25. The van der Waals surface area contributed by atoms with E-state index in [4.69, 9.17) is 11.6 Å². The van der Waals surface area contributed by atoms with Gasteiger partial charge in [0.1, 0.15) is 11.9 Å². The molecule has 7 heteroatoms. The number of carbonyl (C=O) groups is 1. The number of halogens is 1. The third kappa shape index (κ3) is 3.60. The first-order chi connectivity index (χ1) is 12.1. The van der Waals surface area contributed by atoms with Crippen molar-refractivity contribution < 1.29 is 4.79 Å². The topological polar surface area (TPSA) is 55.2 Å². The highest BCUT2D eigenvalue weighted by molar-refractivity contribution is 7.99. The molecule has 5 nitrogen and oxygen atoms in total. The van der Waals surface area contributed by atoms with Crippen molar-refractivity contribution in [1.82, 2.24) is 14.5 Å². The maximum absolute atomic E-state index is 12.7. The molecule has 4 rings (SSSR count). The third-order valence-corrected chi connectivity index (χ3v) is 6.08. The molecule has 130 valence electrons. The monoisotopic (exact) mass is 375 g/mol. The van der Waals surface area contributed by atoms with Gasteiger partial charge in [-0.05, 0) is 30.5 Å². The van der Waals surface area contributed by atoms with Crippen molar-refractivity contribution in [2.24, 2.45) is 0 Å². The van der Waals surface area contributed by atoms with Crippen molar-refractivity contribution in [1.29, 1.82) is 0 Å². The molecule has 2 aliphatic rings. The molecule has 0 radical (unpaired) electrons. The van der Waals surface area contributed by atoms with Crippen molar-refractivity contribution in [3.8, 4) is 0 Å². The van der Waals surface area contributed by atoms with Gasteiger partial charge < -0.3 is 4.90 Å². The van der Waals surface area contributed by atoms with Gasteiger partial charge in [0.2, 0.25) is 5.91 Å². The molecule has 1 saturated heterocycles. The SMILES string of the molecule is O=C(Cn1cnc(C2CC2)cc1=O)N1CCSC1c1ccc(Cl)cc1. The smallest absolute Gasteiger partial charge is 0.254 e. The molecular formula is C18H18ClN3O2S. The van der Waals surface area contributed by atoms with Gasteiger partial charge in [-0.15, -0.1) is 11.8 Å². The molecule has 1 aromatic heterocycles. The van der Waals surface area contributed by atoms with Crippen LogP contribution in [0, 0.1) is 0 Å². The molecule has 1 aliphatic carbocycles. The molecule has 0 bridgehead atoms. The van der Waals surface area contributed by atoms with Crippen LogP contribution in [-0.4, -0.2) is 32.7 Å². The fraction of sp³-hybridized carbons (Fsp3) is 0.389.